The first-order valence-corrected chi connectivity index (χ1v) is 36.3. The van der Waals surface area contributed by atoms with E-state index < -0.39 is 0 Å². The first-order valence-electron chi connectivity index (χ1n) is 36.3. The third-order valence-electron chi connectivity index (χ3n) is 20.9. The molecule has 0 saturated carbocycles. The summed E-state index contributed by atoms with van der Waals surface area (Å²) in [4.78, 5) is 9.95. The van der Waals surface area contributed by atoms with Gasteiger partial charge in [0.2, 0.25) is 11.6 Å². The molecule has 0 N–H and O–H groups in total. The zero-order valence-corrected chi connectivity index (χ0v) is 58.5. The van der Waals surface area contributed by atoms with Gasteiger partial charge in [-0.05, 0) is 156 Å². The lowest BCUT2D eigenvalue weighted by molar-refractivity contribution is 0.962. The fraction of sp³-hybridized carbons (Fsp3) is 0.0103. The Morgan fingerprint density at radius 2 is 0.495 bits per heavy atom. The van der Waals surface area contributed by atoms with Crippen molar-refractivity contribution in [3.63, 3.8) is 0 Å². The summed E-state index contributed by atoms with van der Waals surface area (Å²) in [6.45, 7) is 0. The Balaban J connectivity index is 0.0000000945. The van der Waals surface area contributed by atoms with E-state index in [0.29, 0.717) is 0 Å². The molecule has 23 rings (SSSR count). The van der Waals surface area contributed by atoms with Gasteiger partial charge >= 0.3 is 0 Å². The second-order valence-corrected chi connectivity index (χ2v) is 27.0. The predicted octanol–water partition coefficient (Wildman–Crippen LogP) is 24.2. The number of rotatable bonds is 7. The highest BCUT2D eigenvalue weighted by atomic mass is 15.2. The highest BCUT2D eigenvalue weighted by molar-refractivity contribution is 6.23. The molecule has 8 aromatic heterocycles. The van der Waals surface area contributed by atoms with Crippen LogP contribution in [0.3, 0.4) is 0 Å². The van der Waals surface area contributed by atoms with Crippen LogP contribution in [0, 0.1) is 0 Å². The first kappa shape index (κ1) is 62.3. The quantitative estimate of drug-likeness (QED) is 0.160. The van der Waals surface area contributed by atoms with Gasteiger partial charge in [-0.3, -0.25) is 31.6 Å². The Morgan fingerprint density at radius 3 is 0.953 bits per heavy atom. The topological polar surface area (TPSA) is 64.2 Å². The third kappa shape index (κ3) is 10.4. The minimum absolute atomic E-state index is 0.938. The molecule has 0 bridgehead atoms. The lowest BCUT2D eigenvalue weighted by Crippen LogP contribution is -2.01. The molecule has 506 valence electrons. The predicted molar refractivity (Wildman–Crippen MR) is 445 cm³/mol. The van der Waals surface area contributed by atoms with Crippen molar-refractivity contribution in [1.29, 1.82) is 0 Å². The normalized spacial score (nSPS) is 11.6. The van der Waals surface area contributed by atoms with Crippen LogP contribution in [-0.4, -0.2) is 46.2 Å². The molecule has 0 unspecified atom stereocenters. The summed E-state index contributed by atoms with van der Waals surface area (Å²) in [6, 6.07) is 138. The maximum absolute atomic E-state index is 4.99. The van der Waals surface area contributed by atoms with E-state index in [-0.39, 0.29) is 0 Å². The molecule has 0 saturated heterocycles. The van der Waals surface area contributed by atoms with Crippen molar-refractivity contribution in [2.75, 3.05) is 0 Å². The van der Waals surface area contributed by atoms with E-state index in [0.717, 1.165) is 67.1 Å². The maximum atomic E-state index is 4.99. The minimum Gasteiger partial charge on any atom is -0.329 e. The fourth-order valence-corrected chi connectivity index (χ4v) is 16.2. The number of imidazole rings is 4. The van der Waals surface area contributed by atoms with E-state index in [1.807, 2.05) is 24.3 Å². The zero-order chi connectivity index (χ0) is 70.9. The molecule has 0 radical (unpaired) electrons. The van der Waals surface area contributed by atoms with Gasteiger partial charge in [0.1, 0.15) is 11.3 Å². The molecule has 0 aliphatic heterocycles. The standard InChI is InChI=1S/C26H18N2.2C25H17N3.C21H16N2/c1-3-11-19(12-4-1)27-23-17-9-7-15-21(23)25-22-16-8-10-18-24(22)28(26(25)27)20-13-5-2-6-14-20;1-3-9-18(10-4-1)19-15-16-21-24(17-19)28-23-14-8-7-13-22(23)27(25(28)26-21)20-11-5-2-6-12-20;1-3-9-18(10-4-1)19-15-16-23-24(17-19)28-22-14-8-7-13-21(22)26-25(28)27(23)20-11-5-2-6-12-20;1-22-18-13-7-5-11-16(18)20-17-12-6-8-14-19(17)23(21(20)22)15-9-3-2-4-10-15/h1-18H;2*1-17H;2-14H,1H3. The van der Waals surface area contributed by atoms with Gasteiger partial charge in [-0.1, -0.05) is 261 Å². The van der Waals surface area contributed by atoms with Gasteiger partial charge in [0.05, 0.1) is 66.2 Å². The summed E-state index contributed by atoms with van der Waals surface area (Å²) < 4.78 is 18.5. The van der Waals surface area contributed by atoms with E-state index in [4.69, 9.17) is 9.97 Å². The second kappa shape index (κ2) is 26.1. The summed E-state index contributed by atoms with van der Waals surface area (Å²) >= 11 is 0. The van der Waals surface area contributed by atoms with E-state index >= 15 is 0 Å². The summed E-state index contributed by atoms with van der Waals surface area (Å²) in [5.41, 5.74) is 27.0. The number of benzene rings is 15. The monoisotopic (exact) mass is 1370 g/mol. The highest BCUT2D eigenvalue weighted by Crippen LogP contribution is 2.43. The molecule has 107 heavy (non-hydrogen) atoms. The summed E-state index contributed by atoms with van der Waals surface area (Å²) in [6.07, 6.45) is 0. The van der Waals surface area contributed by atoms with E-state index in [1.165, 1.54) is 105 Å². The Labute approximate surface area is 615 Å². The van der Waals surface area contributed by atoms with E-state index in [1.54, 1.807) is 0 Å². The van der Waals surface area contributed by atoms with Gasteiger partial charge < -0.3 is 4.57 Å². The van der Waals surface area contributed by atoms with Crippen molar-refractivity contribution in [3.05, 3.63) is 394 Å². The third-order valence-corrected chi connectivity index (χ3v) is 20.9. The number of hydrogen-bond acceptors (Lipinski definition) is 2. The summed E-state index contributed by atoms with van der Waals surface area (Å²) in [5, 5.41) is 7.83. The lowest BCUT2D eigenvalue weighted by Gasteiger charge is -2.12. The Morgan fingerprint density at radius 1 is 0.196 bits per heavy atom. The molecule has 0 fully saturated rings. The zero-order valence-electron chi connectivity index (χ0n) is 58.5. The molecule has 15 aromatic carbocycles. The molecule has 0 aliphatic rings. The molecular weight excluding hydrogens is 1310 g/mol. The Bertz CT molecular complexity index is 7110. The Hall–Kier alpha value is -14.5. The van der Waals surface area contributed by atoms with Crippen LogP contribution in [0.4, 0.5) is 0 Å². The minimum atomic E-state index is 0.938. The van der Waals surface area contributed by atoms with Crippen LogP contribution >= 0.6 is 0 Å². The van der Waals surface area contributed by atoms with Crippen LogP contribution in [0.25, 0.3) is 172 Å². The number of aromatic nitrogens is 10. The second-order valence-electron chi connectivity index (χ2n) is 27.0. The largest absolute Gasteiger partial charge is 0.329 e. The fourth-order valence-electron chi connectivity index (χ4n) is 16.2. The van der Waals surface area contributed by atoms with Gasteiger partial charge in [-0.25, -0.2) is 9.97 Å². The summed E-state index contributed by atoms with van der Waals surface area (Å²) in [7, 11) is 2.16. The lowest BCUT2D eigenvalue weighted by atomic mass is 10.1. The van der Waals surface area contributed by atoms with Gasteiger partial charge in [0, 0.05) is 67.8 Å². The number of para-hydroxylation sites is 13. The maximum Gasteiger partial charge on any atom is 0.220 e. The molecule has 0 amide bonds. The highest BCUT2D eigenvalue weighted by Gasteiger charge is 2.24. The smallest absolute Gasteiger partial charge is 0.220 e. The summed E-state index contributed by atoms with van der Waals surface area (Å²) in [5.74, 6) is 1.88. The Kier molecular flexibility index (Phi) is 15.2. The molecule has 0 atom stereocenters. The molecule has 10 heteroatoms. The molecule has 0 aliphatic carbocycles. The van der Waals surface area contributed by atoms with Crippen molar-refractivity contribution in [1.82, 2.24) is 46.2 Å². The van der Waals surface area contributed by atoms with Crippen molar-refractivity contribution in [3.8, 4) is 50.7 Å². The van der Waals surface area contributed by atoms with Crippen LogP contribution in [0.15, 0.2) is 394 Å². The van der Waals surface area contributed by atoms with Crippen molar-refractivity contribution >= 4 is 121 Å². The van der Waals surface area contributed by atoms with Crippen LogP contribution in [-0.2, 0) is 7.05 Å². The molecular formula is C97H68N10. The van der Waals surface area contributed by atoms with Crippen LogP contribution in [0.2, 0.25) is 0 Å². The van der Waals surface area contributed by atoms with Gasteiger partial charge in [0.15, 0.2) is 0 Å². The number of aryl methyl sites for hydroxylation is 1. The number of fused-ring (bicyclic) bond motifs is 20. The SMILES string of the molecule is Cn1c2ccccc2c2c3ccccc3n(-c3ccccc3)c21.c1ccc(-c2ccc3c(c2)n2c4ccccc4nc2n3-c2ccccc2)cc1.c1ccc(-c2ccc3nc4n(-c5ccccc5)c5ccccc5n4c3c2)cc1.c1ccc(-n2c3ccccc3c3c4ccccc4n(-c4ccccc4)c32)cc1. The van der Waals surface area contributed by atoms with Crippen LogP contribution in [0.1, 0.15) is 0 Å². The number of hydrogen-bond donors (Lipinski definition) is 0. The van der Waals surface area contributed by atoms with Crippen LogP contribution in [0.5, 0.6) is 0 Å². The molecule has 23 aromatic rings. The molecule has 8 heterocycles. The van der Waals surface area contributed by atoms with Gasteiger partial charge in [-0.2, -0.15) is 0 Å². The van der Waals surface area contributed by atoms with Crippen molar-refractivity contribution in [2.24, 2.45) is 7.05 Å². The van der Waals surface area contributed by atoms with Gasteiger partial charge in [0.25, 0.3) is 0 Å². The molecule has 0 spiro atoms. The van der Waals surface area contributed by atoms with Crippen molar-refractivity contribution in [2.45, 2.75) is 0 Å². The van der Waals surface area contributed by atoms with E-state index in [9.17, 15) is 0 Å². The van der Waals surface area contributed by atoms with Crippen molar-refractivity contribution < 1.29 is 0 Å². The average molecular weight is 1370 g/mol. The number of nitrogens with zero attached hydrogens (tertiary/aromatic N) is 10. The van der Waals surface area contributed by atoms with Crippen LogP contribution < -0.4 is 0 Å². The molecule has 10 nitrogen and oxygen atoms in total. The average Bonchev–Trinajstić information content (AvgIpc) is 1.57. The van der Waals surface area contributed by atoms with E-state index in [2.05, 4.69) is 413 Å². The first-order chi connectivity index (χ1) is 53.1. The van der Waals surface area contributed by atoms with Gasteiger partial charge in [-0.15, -0.1) is 0 Å².